The third-order valence-electron chi connectivity index (χ3n) is 3.19. The molecule has 0 aliphatic carbocycles. The van der Waals surface area contributed by atoms with Crippen LogP contribution in [-0.4, -0.2) is 26.0 Å². The molecule has 0 bridgehead atoms. The first-order chi connectivity index (χ1) is 11.0. The highest BCUT2D eigenvalue weighted by Gasteiger charge is 2.12. The second-order valence-corrected chi connectivity index (χ2v) is 5.09. The lowest BCUT2D eigenvalue weighted by Gasteiger charge is -2.07. The van der Waals surface area contributed by atoms with Gasteiger partial charge in [0.05, 0.1) is 14.2 Å². The van der Waals surface area contributed by atoms with Crippen LogP contribution in [-0.2, 0) is 4.74 Å². The van der Waals surface area contributed by atoms with E-state index in [2.05, 4.69) is 4.74 Å². The standard InChI is InChI=1S/C18H15ClO4/c1-22-17-11-12(3-9-15(17)18(21)23-2)4-10-16(20)13-5-7-14(19)8-6-13/h3-11H,1-2H3/b10-4+. The number of esters is 1. The highest BCUT2D eigenvalue weighted by atomic mass is 35.5. The predicted octanol–water partition coefficient (Wildman–Crippen LogP) is 4.03. The highest BCUT2D eigenvalue weighted by Crippen LogP contribution is 2.22. The molecule has 23 heavy (non-hydrogen) atoms. The van der Waals surface area contributed by atoms with E-state index in [0.29, 0.717) is 21.9 Å². The van der Waals surface area contributed by atoms with Crippen LogP contribution in [0, 0.1) is 0 Å². The SMILES string of the molecule is COC(=O)c1ccc(/C=C/C(=O)c2ccc(Cl)cc2)cc1OC. The van der Waals surface area contributed by atoms with Crippen LogP contribution in [0.1, 0.15) is 26.3 Å². The summed E-state index contributed by atoms with van der Waals surface area (Å²) in [5, 5.41) is 0.577. The number of halogens is 1. The van der Waals surface area contributed by atoms with Crippen molar-refractivity contribution in [3.05, 3.63) is 70.3 Å². The Kier molecular flexibility index (Phi) is 5.55. The van der Waals surface area contributed by atoms with Gasteiger partial charge in [0.2, 0.25) is 0 Å². The van der Waals surface area contributed by atoms with Gasteiger partial charge in [-0.25, -0.2) is 4.79 Å². The molecule has 0 amide bonds. The molecule has 0 saturated heterocycles. The van der Waals surface area contributed by atoms with Gasteiger partial charge in [0.25, 0.3) is 0 Å². The molecule has 0 aliphatic rings. The monoisotopic (exact) mass is 330 g/mol. The second kappa shape index (κ2) is 7.61. The molecular weight excluding hydrogens is 316 g/mol. The number of hydrogen-bond donors (Lipinski definition) is 0. The largest absolute Gasteiger partial charge is 0.496 e. The third kappa shape index (κ3) is 4.20. The van der Waals surface area contributed by atoms with Crippen LogP contribution in [0.25, 0.3) is 6.08 Å². The molecular formula is C18H15ClO4. The van der Waals surface area contributed by atoms with Gasteiger partial charge in [0.1, 0.15) is 11.3 Å². The first kappa shape index (κ1) is 16.8. The fourth-order valence-corrected chi connectivity index (χ4v) is 2.10. The summed E-state index contributed by atoms with van der Waals surface area (Å²) in [6.07, 6.45) is 3.11. The molecule has 0 saturated carbocycles. The fraction of sp³-hybridized carbons (Fsp3) is 0.111. The average Bonchev–Trinajstić information content (AvgIpc) is 2.59. The van der Waals surface area contributed by atoms with Crippen LogP contribution in [0.4, 0.5) is 0 Å². The van der Waals surface area contributed by atoms with E-state index in [-0.39, 0.29) is 5.78 Å². The van der Waals surface area contributed by atoms with Crippen molar-refractivity contribution in [3.8, 4) is 5.75 Å². The molecule has 0 N–H and O–H groups in total. The molecule has 0 unspecified atom stereocenters. The average molecular weight is 331 g/mol. The van der Waals surface area contributed by atoms with Gasteiger partial charge in [-0.3, -0.25) is 4.79 Å². The van der Waals surface area contributed by atoms with E-state index < -0.39 is 5.97 Å². The fourth-order valence-electron chi connectivity index (χ4n) is 1.97. The summed E-state index contributed by atoms with van der Waals surface area (Å²) >= 11 is 5.79. The van der Waals surface area contributed by atoms with Crippen molar-refractivity contribution in [2.24, 2.45) is 0 Å². The molecule has 2 aromatic rings. The number of rotatable bonds is 5. The van der Waals surface area contributed by atoms with E-state index in [4.69, 9.17) is 16.3 Å². The van der Waals surface area contributed by atoms with Crippen molar-refractivity contribution < 1.29 is 19.1 Å². The van der Waals surface area contributed by atoms with Crippen LogP contribution in [0.15, 0.2) is 48.5 Å². The van der Waals surface area contributed by atoms with Crippen LogP contribution in [0.5, 0.6) is 5.75 Å². The third-order valence-corrected chi connectivity index (χ3v) is 3.44. The Balaban J connectivity index is 2.20. The van der Waals surface area contributed by atoms with Gasteiger partial charge < -0.3 is 9.47 Å². The van der Waals surface area contributed by atoms with Crippen molar-refractivity contribution in [1.82, 2.24) is 0 Å². The highest BCUT2D eigenvalue weighted by molar-refractivity contribution is 6.30. The quantitative estimate of drug-likeness (QED) is 0.472. The van der Waals surface area contributed by atoms with E-state index >= 15 is 0 Å². The lowest BCUT2D eigenvalue weighted by atomic mass is 10.1. The summed E-state index contributed by atoms with van der Waals surface area (Å²) in [4.78, 5) is 23.7. The van der Waals surface area contributed by atoms with Gasteiger partial charge in [-0.05, 0) is 48.0 Å². The van der Waals surface area contributed by atoms with Gasteiger partial charge in [-0.15, -0.1) is 0 Å². The summed E-state index contributed by atoms with van der Waals surface area (Å²) < 4.78 is 9.86. The number of hydrogen-bond acceptors (Lipinski definition) is 4. The smallest absolute Gasteiger partial charge is 0.341 e. The number of ether oxygens (including phenoxy) is 2. The number of methoxy groups -OCH3 is 2. The maximum atomic E-state index is 12.1. The van der Waals surface area contributed by atoms with E-state index in [1.54, 1.807) is 48.5 Å². The maximum Gasteiger partial charge on any atom is 0.341 e. The molecule has 5 heteroatoms. The maximum absolute atomic E-state index is 12.1. The number of ketones is 1. The first-order valence-corrected chi connectivity index (χ1v) is 7.17. The number of carbonyl (C=O) groups excluding carboxylic acids is 2. The van der Waals surface area contributed by atoms with Crippen LogP contribution in [0.2, 0.25) is 5.02 Å². The zero-order chi connectivity index (χ0) is 16.8. The molecule has 0 radical (unpaired) electrons. The Hall–Kier alpha value is -2.59. The Morgan fingerprint density at radius 1 is 1.04 bits per heavy atom. The number of carbonyl (C=O) groups is 2. The topological polar surface area (TPSA) is 52.6 Å². The minimum atomic E-state index is -0.477. The predicted molar refractivity (Wildman–Crippen MR) is 89.2 cm³/mol. The molecule has 0 aliphatic heterocycles. The lowest BCUT2D eigenvalue weighted by Crippen LogP contribution is -2.04. The summed E-state index contributed by atoms with van der Waals surface area (Å²) in [6.45, 7) is 0. The van der Waals surface area contributed by atoms with Crippen LogP contribution >= 0.6 is 11.6 Å². The van der Waals surface area contributed by atoms with Gasteiger partial charge in [-0.2, -0.15) is 0 Å². The van der Waals surface area contributed by atoms with Crippen LogP contribution < -0.4 is 4.74 Å². The van der Waals surface area contributed by atoms with Gasteiger partial charge >= 0.3 is 5.97 Å². The van der Waals surface area contributed by atoms with E-state index in [9.17, 15) is 9.59 Å². The zero-order valence-electron chi connectivity index (χ0n) is 12.7. The molecule has 118 valence electrons. The number of benzene rings is 2. The molecule has 4 nitrogen and oxygen atoms in total. The van der Waals surface area contributed by atoms with E-state index in [1.165, 1.54) is 20.3 Å². The summed E-state index contributed by atoms with van der Waals surface area (Å²) in [5.74, 6) is -0.231. The van der Waals surface area contributed by atoms with Gasteiger partial charge in [0, 0.05) is 10.6 Å². The molecule has 0 aromatic heterocycles. The zero-order valence-corrected chi connectivity index (χ0v) is 13.5. The molecule has 0 spiro atoms. The van der Waals surface area contributed by atoms with Crippen LogP contribution in [0.3, 0.4) is 0 Å². The Labute approximate surface area is 139 Å². The Morgan fingerprint density at radius 2 is 1.74 bits per heavy atom. The van der Waals surface area contributed by atoms with Crippen molar-refractivity contribution in [1.29, 1.82) is 0 Å². The summed E-state index contributed by atoms with van der Waals surface area (Å²) in [6, 6.07) is 11.6. The molecule has 0 heterocycles. The molecule has 0 fully saturated rings. The molecule has 0 atom stereocenters. The van der Waals surface area contributed by atoms with Crippen molar-refractivity contribution in [2.75, 3.05) is 14.2 Å². The summed E-state index contributed by atoms with van der Waals surface area (Å²) in [7, 11) is 2.77. The van der Waals surface area contributed by atoms with Gasteiger partial charge in [-0.1, -0.05) is 23.7 Å². The second-order valence-electron chi connectivity index (χ2n) is 4.66. The van der Waals surface area contributed by atoms with E-state index in [1.807, 2.05) is 0 Å². The Bertz CT molecular complexity index is 748. The molecule has 2 rings (SSSR count). The summed E-state index contributed by atoms with van der Waals surface area (Å²) in [5.41, 5.74) is 1.61. The van der Waals surface area contributed by atoms with Crippen molar-refractivity contribution in [2.45, 2.75) is 0 Å². The minimum absolute atomic E-state index is 0.141. The first-order valence-electron chi connectivity index (χ1n) is 6.79. The van der Waals surface area contributed by atoms with Crippen molar-refractivity contribution >= 4 is 29.4 Å². The lowest BCUT2D eigenvalue weighted by molar-refractivity contribution is 0.0597. The minimum Gasteiger partial charge on any atom is -0.496 e. The number of allylic oxidation sites excluding steroid dienone is 1. The van der Waals surface area contributed by atoms with E-state index in [0.717, 1.165) is 5.56 Å². The molecule has 2 aromatic carbocycles. The Morgan fingerprint density at radius 3 is 2.35 bits per heavy atom. The normalized spacial score (nSPS) is 10.6. The van der Waals surface area contributed by atoms with Gasteiger partial charge in [0.15, 0.2) is 5.78 Å². The van der Waals surface area contributed by atoms with Crippen molar-refractivity contribution in [3.63, 3.8) is 0 Å².